The van der Waals surface area contributed by atoms with Gasteiger partial charge in [-0.15, -0.1) is 0 Å². The van der Waals surface area contributed by atoms with Crippen LogP contribution in [0, 0.1) is 17.8 Å². The maximum atomic E-state index is 3.94. The fourth-order valence-corrected chi connectivity index (χ4v) is 4.79. The molecule has 1 aliphatic heterocycles. The molecule has 1 heterocycles. The maximum absolute atomic E-state index is 3.94. The summed E-state index contributed by atoms with van der Waals surface area (Å²) in [5.41, 5.74) is 0.217. The van der Waals surface area contributed by atoms with Crippen molar-refractivity contribution in [1.29, 1.82) is 0 Å². The average Bonchev–Trinajstić information content (AvgIpc) is 2.66. The number of hydrogen-bond acceptors (Lipinski definition) is 3. The van der Waals surface area contributed by atoms with Crippen molar-refractivity contribution in [2.24, 2.45) is 17.8 Å². The standard InChI is InChI=1S/C25H53N3/c1-8-12-14-23(10-3)17-27-19-25(7,26-16-22(5)6)20-28(21-27)18-24(11-4)15-13-9-2/h22-24,26H,8-21H2,1-7H3. The van der Waals surface area contributed by atoms with Gasteiger partial charge in [0, 0.05) is 31.7 Å². The molecule has 1 N–H and O–H groups in total. The van der Waals surface area contributed by atoms with Gasteiger partial charge in [-0.3, -0.25) is 9.80 Å². The normalized spacial score (nSPS) is 24.0. The molecular formula is C25H53N3. The predicted molar refractivity (Wildman–Crippen MR) is 126 cm³/mol. The van der Waals surface area contributed by atoms with E-state index in [1.807, 2.05) is 0 Å². The third-order valence-corrected chi connectivity index (χ3v) is 6.60. The Labute approximate surface area is 178 Å². The van der Waals surface area contributed by atoms with Crippen LogP contribution >= 0.6 is 0 Å². The Kier molecular flexibility index (Phi) is 12.9. The Morgan fingerprint density at radius 3 is 1.64 bits per heavy atom. The van der Waals surface area contributed by atoms with E-state index < -0.39 is 0 Å². The molecule has 2 unspecified atom stereocenters. The van der Waals surface area contributed by atoms with E-state index in [0.29, 0.717) is 5.92 Å². The lowest BCUT2D eigenvalue weighted by atomic mass is 9.92. The zero-order chi connectivity index (χ0) is 21.0. The summed E-state index contributed by atoms with van der Waals surface area (Å²) in [4.78, 5) is 5.54. The van der Waals surface area contributed by atoms with Gasteiger partial charge < -0.3 is 5.32 Å². The molecule has 168 valence electrons. The lowest BCUT2D eigenvalue weighted by Gasteiger charge is -2.48. The Balaban J connectivity index is 2.78. The summed E-state index contributed by atoms with van der Waals surface area (Å²) in [6, 6.07) is 0. The Bertz CT molecular complexity index is 356. The van der Waals surface area contributed by atoms with Gasteiger partial charge in [0.1, 0.15) is 0 Å². The third kappa shape index (κ3) is 10.1. The largest absolute Gasteiger partial charge is 0.309 e. The van der Waals surface area contributed by atoms with Gasteiger partial charge in [-0.25, -0.2) is 0 Å². The highest BCUT2D eigenvalue weighted by Crippen LogP contribution is 2.24. The molecule has 28 heavy (non-hydrogen) atoms. The zero-order valence-electron chi connectivity index (χ0n) is 20.5. The van der Waals surface area contributed by atoms with Crippen molar-refractivity contribution in [3.05, 3.63) is 0 Å². The Morgan fingerprint density at radius 2 is 1.29 bits per heavy atom. The van der Waals surface area contributed by atoms with Crippen LogP contribution in [0.15, 0.2) is 0 Å². The molecule has 0 aromatic carbocycles. The van der Waals surface area contributed by atoms with Crippen LogP contribution in [-0.4, -0.2) is 54.7 Å². The van der Waals surface area contributed by atoms with Gasteiger partial charge in [0.25, 0.3) is 0 Å². The minimum atomic E-state index is 0.217. The van der Waals surface area contributed by atoms with Gasteiger partial charge in [0.05, 0.1) is 6.67 Å². The highest BCUT2D eigenvalue weighted by Gasteiger charge is 2.35. The second-order valence-corrected chi connectivity index (χ2v) is 10.3. The first-order valence-electron chi connectivity index (χ1n) is 12.5. The van der Waals surface area contributed by atoms with Gasteiger partial charge >= 0.3 is 0 Å². The summed E-state index contributed by atoms with van der Waals surface area (Å²) in [6.07, 6.45) is 10.8. The van der Waals surface area contributed by atoms with Crippen molar-refractivity contribution in [3.63, 3.8) is 0 Å². The van der Waals surface area contributed by atoms with Crippen molar-refractivity contribution in [2.45, 2.75) is 105 Å². The summed E-state index contributed by atoms with van der Waals surface area (Å²) in [7, 11) is 0. The average molecular weight is 396 g/mol. The van der Waals surface area contributed by atoms with Crippen LogP contribution in [0.5, 0.6) is 0 Å². The van der Waals surface area contributed by atoms with Gasteiger partial charge in [0.2, 0.25) is 0 Å². The van der Waals surface area contributed by atoms with Crippen molar-refractivity contribution in [2.75, 3.05) is 39.4 Å². The highest BCUT2D eigenvalue weighted by molar-refractivity contribution is 4.94. The number of unbranched alkanes of at least 4 members (excludes halogenated alkanes) is 2. The first-order chi connectivity index (χ1) is 13.4. The van der Waals surface area contributed by atoms with E-state index in [1.165, 1.54) is 84.2 Å². The molecule has 2 atom stereocenters. The van der Waals surface area contributed by atoms with E-state index in [2.05, 4.69) is 63.6 Å². The molecule has 3 nitrogen and oxygen atoms in total. The second-order valence-electron chi connectivity index (χ2n) is 10.3. The SMILES string of the molecule is CCCCC(CC)CN1CN(CC(CC)CCCC)CC(C)(NCC(C)C)C1. The van der Waals surface area contributed by atoms with E-state index in [1.54, 1.807) is 0 Å². The predicted octanol–water partition coefficient (Wildman–Crippen LogP) is 6.00. The fraction of sp³-hybridized carbons (Fsp3) is 1.00. The molecule has 1 fully saturated rings. The smallest absolute Gasteiger partial charge is 0.0507 e. The molecule has 0 radical (unpaired) electrons. The molecule has 0 aromatic rings. The molecule has 0 aromatic heterocycles. The van der Waals surface area contributed by atoms with Crippen molar-refractivity contribution >= 4 is 0 Å². The van der Waals surface area contributed by atoms with Crippen LogP contribution in [0.1, 0.15) is 99.8 Å². The summed E-state index contributed by atoms with van der Waals surface area (Å²) in [5, 5.41) is 3.94. The third-order valence-electron chi connectivity index (χ3n) is 6.60. The van der Waals surface area contributed by atoms with Crippen LogP contribution in [-0.2, 0) is 0 Å². The van der Waals surface area contributed by atoms with Crippen molar-refractivity contribution < 1.29 is 0 Å². The van der Waals surface area contributed by atoms with Crippen molar-refractivity contribution in [1.82, 2.24) is 15.1 Å². The Hall–Kier alpha value is -0.120. The topological polar surface area (TPSA) is 18.5 Å². The maximum Gasteiger partial charge on any atom is 0.0507 e. The van der Waals surface area contributed by atoms with E-state index in [0.717, 1.165) is 18.4 Å². The summed E-state index contributed by atoms with van der Waals surface area (Å²) in [5.74, 6) is 2.43. The van der Waals surface area contributed by atoms with E-state index in [9.17, 15) is 0 Å². The van der Waals surface area contributed by atoms with E-state index >= 15 is 0 Å². The lowest BCUT2D eigenvalue weighted by molar-refractivity contribution is 0.00410. The molecular weight excluding hydrogens is 342 g/mol. The van der Waals surface area contributed by atoms with Crippen LogP contribution in [0.3, 0.4) is 0 Å². The minimum Gasteiger partial charge on any atom is -0.309 e. The fourth-order valence-electron chi connectivity index (χ4n) is 4.79. The van der Waals surface area contributed by atoms with Gasteiger partial charge in [-0.2, -0.15) is 0 Å². The monoisotopic (exact) mass is 395 g/mol. The molecule has 0 bridgehead atoms. The summed E-state index contributed by atoms with van der Waals surface area (Å²) in [6.45, 7) is 23.8. The lowest BCUT2D eigenvalue weighted by Crippen LogP contribution is -2.65. The Morgan fingerprint density at radius 1 is 0.821 bits per heavy atom. The van der Waals surface area contributed by atoms with Crippen LogP contribution in [0.2, 0.25) is 0 Å². The van der Waals surface area contributed by atoms with Crippen molar-refractivity contribution in [3.8, 4) is 0 Å². The molecule has 0 amide bonds. The number of nitrogens with zero attached hydrogens (tertiary/aromatic N) is 2. The van der Waals surface area contributed by atoms with E-state index in [-0.39, 0.29) is 5.54 Å². The molecule has 1 saturated heterocycles. The summed E-state index contributed by atoms with van der Waals surface area (Å²) < 4.78 is 0. The molecule has 3 heteroatoms. The molecule has 1 rings (SSSR count). The molecule has 0 saturated carbocycles. The molecule has 1 aliphatic rings. The summed E-state index contributed by atoms with van der Waals surface area (Å²) >= 11 is 0. The highest BCUT2D eigenvalue weighted by atomic mass is 15.4. The second kappa shape index (κ2) is 14.0. The number of rotatable bonds is 15. The first-order valence-corrected chi connectivity index (χ1v) is 12.5. The van der Waals surface area contributed by atoms with Crippen LogP contribution < -0.4 is 5.32 Å². The number of hydrogen-bond donors (Lipinski definition) is 1. The van der Waals surface area contributed by atoms with Gasteiger partial charge in [-0.05, 0) is 44.1 Å². The van der Waals surface area contributed by atoms with Gasteiger partial charge in [0.15, 0.2) is 0 Å². The minimum absolute atomic E-state index is 0.217. The van der Waals surface area contributed by atoms with Gasteiger partial charge in [-0.1, -0.05) is 80.1 Å². The number of nitrogens with one attached hydrogen (secondary N) is 1. The van der Waals surface area contributed by atoms with Crippen LogP contribution in [0.4, 0.5) is 0 Å². The molecule has 0 aliphatic carbocycles. The quantitative estimate of drug-likeness (QED) is 0.367. The first kappa shape index (κ1) is 25.9. The zero-order valence-corrected chi connectivity index (χ0v) is 20.5. The van der Waals surface area contributed by atoms with E-state index in [4.69, 9.17) is 0 Å². The molecule has 0 spiro atoms. The van der Waals surface area contributed by atoms with Crippen LogP contribution in [0.25, 0.3) is 0 Å².